The number of nitro groups is 1. The Morgan fingerprint density at radius 3 is 2.53 bits per heavy atom. The molecule has 0 radical (unpaired) electrons. The second kappa shape index (κ2) is 7.44. The van der Waals surface area contributed by atoms with Crippen molar-refractivity contribution in [2.45, 2.75) is 10.2 Å². The quantitative estimate of drug-likeness (QED) is 0.231. The Kier molecular flexibility index (Phi) is 5.15. The molecule has 0 bridgehead atoms. The third kappa shape index (κ3) is 3.65. The first-order valence-electron chi connectivity index (χ1n) is 7.58. The van der Waals surface area contributed by atoms with Gasteiger partial charge in [-0.25, -0.2) is 4.39 Å². The standard InChI is InChI=1S/C16H7F3N4O6S/c17-9-2-1-6(3-10(9)24)30-16(18,19)15-21-14(29-22-15)7-4-11(25)13(26)12(23(27)28)8(7)5-20/h1-4,24-26H. The lowest BCUT2D eigenvalue weighted by molar-refractivity contribution is -0.386. The summed E-state index contributed by atoms with van der Waals surface area (Å²) in [6, 6.07) is 4.58. The van der Waals surface area contributed by atoms with Crippen molar-refractivity contribution in [3.05, 3.63) is 51.6 Å². The van der Waals surface area contributed by atoms with E-state index in [2.05, 4.69) is 14.7 Å². The highest BCUT2D eigenvalue weighted by molar-refractivity contribution is 8.00. The number of aromatic nitrogens is 2. The molecule has 3 aromatic rings. The van der Waals surface area contributed by atoms with Crippen LogP contribution in [0.2, 0.25) is 0 Å². The van der Waals surface area contributed by atoms with Crippen LogP contribution in [0.25, 0.3) is 11.5 Å². The minimum Gasteiger partial charge on any atom is -0.505 e. The van der Waals surface area contributed by atoms with Crippen molar-refractivity contribution in [3.8, 4) is 34.8 Å². The van der Waals surface area contributed by atoms with E-state index in [0.717, 1.165) is 18.2 Å². The molecule has 0 spiro atoms. The molecule has 2 aromatic carbocycles. The molecule has 14 heteroatoms. The summed E-state index contributed by atoms with van der Waals surface area (Å²) in [6.45, 7) is 0. The van der Waals surface area contributed by atoms with Crippen molar-refractivity contribution < 1.29 is 37.9 Å². The fraction of sp³-hybridized carbons (Fsp3) is 0.0625. The van der Waals surface area contributed by atoms with E-state index in [1.807, 2.05) is 0 Å². The summed E-state index contributed by atoms with van der Waals surface area (Å²) in [5.41, 5.74) is -2.53. The van der Waals surface area contributed by atoms with Gasteiger partial charge in [-0.15, -0.1) is 0 Å². The van der Waals surface area contributed by atoms with Gasteiger partial charge < -0.3 is 19.8 Å². The van der Waals surface area contributed by atoms with E-state index in [9.17, 15) is 43.9 Å². The molecular weight excluding hydrogens is 433 g/mol. The Balaban J connectivity index is 2.03. The summed E-state index contributed by atoms with van der Waals surface area (Å²) in [4.78, 5) is 13.1. The van der Waals surface area contributed by atoms with Gasteiger partial charge in [0.15, 0.2) is 17.3 Å². The van der Waals surface area contributed by atoms with Crippen LogP contribution in [0.1, 0.15) is 11.4 Å². The molecule has 3 rings (SSSR count). The molecule has 0 aliphatic carbocycles. The summed E-state index contributed by atoms with van der Waals surface area (Å²) in [6.07, 6.45) is 0. The van der Waals surface area contributed by atoms with Crippen LogP contribution in [0.4, 0.5) is 18.9 Å². The van der Waals surface area contributed by atoms with Crippen molar-refractivity contribution in [1.82, 2.24) is 10.1 Å². The topological polar surface area (TPSA) is 167 Å². The van der Waals surface area contributed by atoms with Gasteiger partial charge in [-0.3, -0.25) is 10.1 Å². The largest absolute Gasteiger partial charge is 0.505 e. The molecule has 0 aliphatic heterocycles. The molecule has 3 N–H and O–H groups in total. The van der Waals surface area contributed by atoms with Crippen LogP contribution in [-0.4, -0.2) is 30.4 Å². The first-order valence-corrected chi connectivity index (χ1v) is 8.40. The van der Waals surface area contributed by atoms with E-state index in [-0.39, 0.29) is 16.7 Å². The van der Waals surface area contributed by atoms with Gasteiger partial charge in [0, 0.05) is 4.90 Å². The molecule has 0 amide bonds. The number of benzene rings is 2. The zero-order chi connectivity index (χ0) is 22.2. The lowest BCUT2D eigenvalue weighted by Gasteiger charge is -2.11. The smallest absolute Gasteiger partial charge is 0.360 e. The first kappa shape index (κ1) is 20.7. The van der Waals surface area contributed by atoms with Crippen molar-refractivity contribution in [1.29, 1.82) is 5.26 Å². The SMILES string of the molecule is N#Cc1c(-c2nc(C(F)(F)Sc3ccc(F)c(O)c3)no2)cc(O)c(O)c1[N+](=O)[O-]. The lowest BCUT2D eigenvalue weighted by atomic mass is 10.0. The summed E-state index contributed by atoms with van der Waals surface area (Å²) >= 11 is -0.154. The number of halogens is 3. The van der Waals surface area contributed by atoms with E-state index < -0.39 is 61.8 Å². The van der Waals surface area contributed by atoms with Crippen LogP contribution in [-0.2, 0) is 5.25 Å². The van der Waals surface area contributed by atoms with Gasteiger partial charge in [-0.2, -0.15) is 19.0 Å². The van der Waals surface area contributed by atoms with Crippen LogP contribution in [0.5, 0.6) is 17.2 Å². The number of hydrogen-bond acceptors (Lipinski definition) is 10. The zero-order valence-corrected chi connectivity index (χ0v) is 15.0. The van der Waals surface area contributed by atoms with Gasteiger partial charge in [0.25, 0.3) is 11.7 Å². The van der Waals surface area contributed by atoms with E-state index >= 15 is 0 Å². The summed E-state index contributed by atoms with van der Waals surface area (Å²) in [5.74, 6) is -6.04. The van der Waals surface area contributed by atoms with Crippen molar-refractivity contribution in [3.63, 3.8) is 0 Å². The van der Waals surface area contributed by atoms with Crippen LogP contribution >= 0.6 is 11.8 Å². The number of phenolic OH excluding ortho intramolecular Hbond substituents is 3. The molecule has 1 heterocycles. The monoisotopic (exact) mass is 440 g/mol. The number of nitriles is 1. The molecule has 1 aromatic heterocycles. The van der Waals surface area contributed by atoms with E-state index in [1.54, 1.807) is 0 Å². The van der Waals surface area contributed by atoms with Gasteiger partial charge in [0.05, 0.1) is 10.5 Å². The highest BCUT2D eigenvalue weighted by atomic mass is 32.2. The molecule has 30 heavy (non-hydrogen) atoms. The van der Waals surface area contributed by atoms with Crippen molar-refractivity contribution in [2.24, 2.45) is 0 Å². The Morgan fingerprint density at radius 1 is 1.23 bits per heavy atom. The Morgan fingerprint density at radius 2 is 1.93 bits per heavy atom. The molecule has 0 fully saturated rings. The van der Waals surface area contributed by atoms with Crippen molar-refractivity contribution >= 4 is 17.4 Å². The molecule has 0 unspecified atom stereocenters. The number of phenols is 3. The zero-order valence-electron chi connectivity index (χ0n) is 14.2. The van der Waals surface area contributed by atoms with Crippen molar-refractivity contribution in [2.75, 3.05) is 0 Å². The Hall–Kier alpha value is -3.99. The van der Waals surface area contributed by atoms with Gasteiger partial charge in [-0.1, -0.05) is 5.16 Å². The number of hydrogen-bond donors (Lipinski definition) is 3. The molecular formula is C16H7F3N4O6S. The molecule has 0 aliphatic rings. The van der Waals surface area contributed by atoms with Gasteiger partial charge in [0.2, 0.25) is 5.75 Å². The minimum atomic E-state index is -3.86. The van der Waals surface area contributed by atoms with Crippen LogP contribution in [0.15, 0.2) is 33.7 Å². The summed E-state index contributed by atoms with van der Waals surface area (Å²) in [5, 5.41) is 48.1. The molecule has 154 valence electrons. The maximum atomic E-state index is 14.5. The number of nitro benzene ring substituents is 1. The number of nitrogens with zero attached hydrogens (tertiary/aromatic N) is 4. The third-order valence-corrected chi connectivity index (χ3v) is 4.56. The normalized spacial score (nSPS) is 11.3. The molecule has 0 saturated heterocycles. The highest BCUT2D eigenvalue weighted by Gasteiger charge is 2.40. The minimum absolute atomic E-state index is 0.154. The van der Waals surface area contributed by atoms with Crippen LogP contribution < -0.4 is 0 Å². The van der Waals surface area contributed by atoms with Gasteiger partial charge in [0.1, 0.15) is 11.6 Å². The predicted molar refractivity (Wildman–Crippen MR) is 92.2 cm³/mol. The summed E-state index contributed by atoms with van der Waals surface area (Å²) in [7, 11) is 0. The lowest BCUT2D eigenvalue weighted by Crippen LogP contribution is -2.10. The predicted octanol–water partition coefficient (Wildman–Crippen LogP) is 3.61. The van der Waals surface area contributed by atoms with Gasteiger partial charge >= 0.3 is 10.9 Å². The van der Waals surface area contributed by atoms with E-state index in [1.165, 1.54) is 6.07 Å². The van der Waals surface area contributed by atoms with E-state index in [4.69, 9.17) is 0 Å². The maximum Gasteiger partial charge on any atom is 0.360 e. The fourth-order valence-corrected chi connectivity index (χ4v) is 3.08. The molecule has 0 atom stereocenters. The summed E-state index contributed by atoms with van der Waals surface area (Å²) < 4.78 is 46.7. The second-order valence-corrected chi connectivity index (χ2v) is 6.73. The first-order chi connectivity index (χ1) is 14.0. The Labute approximate surface area is 168 Å². The second-order valence-electron chi connectivity index (χ2n) is 5.54. The Bertz CT molecular complexity index is 1210. The average Bonchev–Trinajstić information content (AvgIpc) is 3.17. The van der Waals surface area contributed by atoms with Gasteiger partial charge in [-0.05, 0) is 36.0 Å². The maximum absolute atomic E-state index is 14.5. The third-order valence-electron chi connectivity index (χ3n) is 3.63. The molecule has 0 saturated carbocycles. The fourth-order valence-electron chi connectivity index (χ4n) is 2.30. The van der Waals surface area contributed by atoms with Crippen LogP contribution in [0, 0.1) is 27.3 Å². The average molecular weight is 440 g/mol. The number of rotatable bonds is 5. The number of thioether (sulfide) groups is 1. The number of alkyl halides is 2. The van der Waals surface area contributed by atoms with Crippen LogP contribution in [0.3, 0.4) is 0 Å². The highest BCUT2D eigenvalue weighted by Crippen LogP contribution is 2.46. The number of aromatic hydroxyl groups is 3. The van der Waals surface area contributed by atoms with E-state index in [0.29, 0.717) is 6.07 Å². The molecule has 10 nitrogen and oxygen atoms in total.